The SMILES string of the molecule is c1ccc(-c2nc(-c3ccc4c(c3)oc3c(-c5ccc6oc7ccccc7c6c5)cccc34)nc(-n3c4ccccc4c4cc(-c5ccc(-c6nc(-c7ccc8c(c7)oc7c(-c9cccc%10c9sc9ccccc9%10)cccc78)nc(-n7c8ccccc8c8ccccc87)n6)cc5)ccc43)n2)cc1. The van der Waals surface area contributed by atoms with Crippen LogP contribution < -0.4 is 0 Å². The number of aromatic nitrogens is 8. The van der Waals surface area contributed by atoms with Gasteiger partial charge in [-0.2, -0.15) is 19.9 Å². The van der Waals surface area contributed by atoms with Gasteiger partial charge >= 0.3 is 0 Å². The van der Waals surface area contributed by atoms with Gasteiger partial charge in [-0.05, 0) is 95.6 Å². The number of para-hydroxylation sites is 6. The number of thiophene rings is 1. The Kier molecular flexibility index (Phi) is 12.1. The van der Waals surface area contributed by atoms with E-state index in [0.29, 0.717) is 35.2 Å². The molecule has 11 nitrogen and oxygen atoms in total. The fourth-order valence-corrected chi connectivity index (χ4v) is 16.7. The molecule has 0 spiro atoms. The molecule has 8 heterocycles. The van der Waals surface area contributed by atoms with Crippen molar-refractivity contribution in [3.8, 4) is 90.8 Å². The lowest BCUT2D eigenvalue weighted by Crippen LogP contribution is -2.06. The standard InChI is InChI=1S/C90H50N8O3S/c1-2-17-52(18-3-1)85-91-87(56-39-43-63-66-25-14-24-58(82(66)100-79(63)49-56)55-42-46-78-72(48-55)62-22-7-12-33-77(62)99-78)96-90(93-85)98-75-32-11-6-21-61(75)71-47-54(41-45-76(71)98)51-35-37-53(38-36-51)86-92-88(95-89(94-86)97-73-30-9-4-19-59(73)60-20-5-10-31-74(60)97)57-40-44-64-67-26-15-27-68(83(67)101-80(64)50-57)70-29-16-28-69-65-23-8-13-34-81(65)102-84(69)70/h1-50H. The molecule has 0 bridgehead atoms. The van der Waals surface area contributed by atoms with Gasteiger partial charge in [0.05, 0.1) is 22.1 Å². The van der Waals surface area contributed by atoms with E-state index in [2.05, 4.69) is 258 Å². The lowest BCUT2D eigenvalue weighted by molar-refractivity contribution is 0.668. The van der Waals surface area contributed by atoms with E-state index in [1.165, 1.54) is 20.2 Å². The quantitative estimate of drug-likeness (QED) is 0.139. The van der Waals surface area contributed by atoms with Gasteiger partial charge in [-0.15, -0.1) is 11.3 Å². The van der Waals surface area contributed by atoms with Gasteiger partial charge in [0.15, 0.2) is 23.3 Å². The topological polar surface area (TPSA) is 127 Å². The highest BCUT2D eigenvalue weighted by Gasteiger charge is 2.24. The van der Waals surface area contributed by atoms with Gasteiger partial charge in [0.1, 0.15) is 33.5 Å². The fraction of sp³-hybridized carbons (Fsp3) is 0. The molecule has 0 radical (unpaired) electrons. The Hall–Kier alpha value is -13.7. The van der Waals surface area contributed by atoms with Gasteiger partial charge in [0, 0.05) is 113 Å². The predicted molar refractivity (Wildman–Crippen MR) is 415 cm³/mol. The van der Waals surface area contributed by atoms with Gasteiger partial charge < -0.3 is 13.3 Å². The van der Waals surface area contributed by atoms with Crippen molar-refractivity contribution in [3.05, 3.63) is 303 Å². The van der Waals surface area contributed by atoms with E-state index in [0.717, 1.165) is 165 Å². The van der Waals surface area contributed by atoms with Crippen LogP contribution in [0.4, 0.5) is 0 Å². The number of hydrogen-bond acceptors (Lipinski definition) is 10. The summed E-state index contributed by atoms with van der Waals surface area (Å²) in [4.78, 5) is 31.9. The second kappa shape index (κ2) is 21.9. The molecule has 0 aliphatic heterocycles. The van der Waals surface area contributed by atoms with Crippen LogP contribution in [-0.4, -0.2) is 39.0 Å². The highest BCUT2D eigenvalue weighted by molar-refractivity contribution is 7.26. The van der Waals surface area contributed by atoms with Crippen molar-refractivity contribution in [2.75, 3.05) is 0 Å². The smallest absolute Gasteiger partial charge is 0.238 e. The lowest BCUT2D eigenvalue weighted by atomic mass is 10.00. The third-order valence-electron chi connectivity index (χ3n) is 20.3. The van der Waals surface area contributed by atoms with E-state index in [1.54, 1.807) is 0 Å². The zero-order valence-corrected chi connectivity index (χ0v) is 54.9. The summed E-state index contributed by atoms with van der Waals surface area (Å²) in [6, 6.07) is 106. The van der Waals surface area contributed by atoms with E-state index in [-0.39, 0.29) is 0 Å². The van der Waals surface area contributed by atoms with Crippen LogP contribution in [0, 0.1) is 0 Å². The Morgan fingerprint density at radius 3 is 1.30 bits per heavy atom. The van der Waals surface area contributed by atoms with Gasteiger partial charge in [-0.1, -0.05) is 224 Å². The minimum Gasteiger partial charge on any atom is -0.456 e. The normalized spacial score (nSPS) is 12.1. The van der Waals surface area contributed by atoms with Crippen LogP contribution in [-0.2, 0) is 0 Å². The second-order valence-electron chi connectivity index (χ2n) is 26.0. The van der Waals surface area contributed by atoms with Crippen molar-refractivity contribution in [2.24, 2.45) is 0 Å². The molecular weight excluding hydrogens is 1270 g/mol. The van der Waals surface area contributed by atoms with Crippen molar-refractivity contribution in [3.63, 3.8) is 0 Å². The Morgan fingerprint density at radius 2 is 0.657 bits per heavy atom. The summed E-state index contributed by atoms with van der Waals surface area (Å²) < 4.78 is 26.9. The maximum absolute atomic E-state index is 6.99. The van der Waals surface area contributed by atoms with Crippen LogP contribution in [0.5, 0.6) is 0 Å². The summed E-state index contributed by atoms with van der Waals surface area (Å²) in [5.41, 5.74) is 18.4. The zero-order chi connectivity index (χ0) is 66.7. The molecule has 0 fully saturated rings. The lowest BCUT2D eigenvalue weighted by Gasteiger charge is -2.12. The molecule has 0 saturated heterocycles. The summed E-state index contributed by atoms with van der Waals surface area (Å²) in [7, 11) is 0. The van der Waals surface area contributed by atoms with Crippen molar-refractivity contribution >= 4 is 141 Å². The number of hydrogen-bond donors (Lipinski definition) is 0. The molecule has 22 rings (SSSR count). The second-order valence-corrected chi connectivity index (χ2v) is 27.1. The molecule has 0 amide bonds. The average molecular weight is 1320 g/mol. The molecule has 0 saturated carbocycles. The molecule has 0 N–H and O–H groups in total. The van der Waals surface area contributed by atoms with Gasteiger partial charge in [-0.3, -0.25) is 9.13 Å². The van der Waals surface area contributed by atoms with Crippen LogP contribution in [0.3, 0.4) is 0 Å². The highest BCUT2D eigenvalue weighted by atomic mass is 32.1. The minimum atomic E-state index is 0.497. The maximum atomic E-state index is 6.99. The molecule has 14 aromatic carbocycles. The molecule has 0 unspecified atom stereocenters. The number of benzene rings is 14. The summed E-state index contributed by atoms with van der Waals surface area (Å²) in [6.07, 6.45) is 0. The van der Waals surface area contributed by atoms with Crippen LogP contribution >= 0.6 is 11.3 Å². The van der Waals surface area contributed by atoms with Gasteiger partial charge in [-0.25, -0.2) is 9.97 Å². The minimum absolute atomic E-state index is 0.497. The van der Waals surface area contributed by atoms with Crippen molar-refractivity contribution < 1.29 is 13.3 Å². The molecular formula is C90H50N8O3S. The monoisotopic (exact) mass is 1320 g/mol. The first-order valence-electron chi connectivity index (χ1n) is 34.0. The van der Waals surface area contributed by atoms with E-state index < -0.39 is 0 Å². The Bertz CT molecular complexity index is 7230. The third kappa shape index (κ3) is 8.66. The Morgan fingerprint density at radius 1 is 0.225 bits per heavy atom. The first kappa shape index (κ1) is 56.3. The van der Waals surface area contributed by atoms with Crippen molar-refractivity contribution in [1.29, 1.82) is 0 Å². The Labute approximate surface area is 583 Å². The summed E-state index contributed by atoms with van der Waals surface area (Å²) in [6.45, 7) is 0. The van der Waals surface area contributed by atoms with Crippen molar-refractivity contribution in [1.82, 2.24) is 39.0 Å². The van der Waals surface area contributed by atoms with E-state index in [9.17, 15) is 0 Å². The van der Waals surface area contributed by atoms with E-state index in [4.69, 9.17) is 43.2 Å². The zero-order valence-electron chi connectivity index (χ0n) is 54.1. The van der Waals surface area contributed by atoms with Gasteiger partial charge in [0.2, 0.25) is 11.9 Å². The molecule has 102 heavy (non-hydrogen) atoms. The fourth-order valence-electron chi connectivity index (χ4n) is 15.5. The third-order valence-corrected chi connectivity index (χ3v) is 21.5. The molecule has 0 atom stereocenters. The van der Waals surface area contributed by atoms with Crippen LogP contribution in [0.1, 0.15) is 0 Å². The first-order valence-corrected chi connectivity index (χ1v) is 34.8. The van der Waals surface area contributed by atoms with E-state index in [1.807, 2.05) is 65.9 Å². The first-order chi connectivity index (χ1) is 50.5. The Balaban J connectivity index is 0.640. The average Bonchev–Trinajstić information content (AvgIpc) is 1.58. The summed E-state index contributed by atoms with van der Waals surface area (Å²) >= 11 is 1.82. The maximum Gasteiger partial charge on any atom is 0.238 e. The molecule has 22 aromatic rings. The number of nitrogens with zero attached hydrogens (tertiary/aromatic N) is 8. The molecule has 0 aliphatic carbocycles. The number of fused-ring (bicyclic) bond motifs is 18. The largest absolute Gasteiger partial charge is 0.456 e. The summed E-state index contributed by atoms with van der Waals surface area (Å²) in [5, 5.41) is 13.1. The van der Waals surface area contributed by atoms with E-state index >= 15 is 0 Å². The van der Waals surface area contributed by atoms with Crippen LogP contribution in [0.15, 0.2) is 317 Å². The predicted octanol–water partition coefficient (Wildman–Crippen LogP) is 24.0. The molecule has 8 aromatic heterocycles. The molecule has 12 heteroatoms. The summed E-state index contributed by atoms with van der Waals surface area (Å²) in [5.74, 6) is 3.15. The van der Waals surface area contributed by atoms with Crippen LogP contribution in [0.2, 0.25) is 0 Å². The number of furan rings is 3. The van der Waals surface area contributed by atoms with Gasteiger partial charge in [0.25, 0.3) is 0 Å². The van der Waals surface area contributed by atoms with Crippen LogP contribution in [0.25, 0.3) is 220 Å². The highest BCUT2D eigenvalue weighted by Crippen LogP contribution is 2.46. The number of rotatable bonds is 9. The molecule has 0 aliphatic rings. The molecule has 474 valence electrons. The van der Waals surface area contributed by atoms with Crippen molar-refractivity contribution in [2.45, 2.75) is 0 Å².